The maximum absolute atomic E-state index is 12.9. The SMILES string of the molecule is C[C@@H]1C[C@@]23CC[C@@H](C)[C@@H]2CC2(CC2)C[C@@H]1C3=O. The molecule has 0 radical (unpaired) electrons. The molecule has 4 rings (SSSR count). The van der Waals surface area contributed by atoms with Crippen LogP contribution in [-0.2, 0) is 4.79 Å². The number of hydrogen-bond donors (Lipinski definition) is 0. The average molecular weight is 232 g/mol. The molecule has 0 aliphatic heterocycles. The summed E-state index contributed by atoms with van der Waals surface area (Å²) in [5.41, 5.74) is 0.773. The number of fused-ring (bicyclic) bond motifs is 1. The second kappa shape index (κ2) is 2.97. The van der Waals surface area contributed by atoms with E-state index in [4.69, 9.17) is 0 Å². The topological polar surface area (TPSA) is 17.1 Å². The van der Waals surface area contributed by atoms with Crippen molar-refractivity contribution in [1.82, 2.24) is 0 Å². The van der Waals surface area contributed by atoms with Gasteiger partial charge in [0.1, 0.15) is 5.78 Å². The summed E-state index contributed by atoms with van der Waals surface area (Å²) in [7, 11) is 0. The van der Waals surface area contributed by atoms with Crippen LogP contribution in [0.3, 0.4) is 0 Å². The molecule has 2 bridgehead atoms. The zero-order valence-corrected chi connectivity index (χ0v) is 11.2. The Hall–Kier alpha value is -0.330. The minimum absolute atomic E-state index is 0.148. The Kier molecular flexibility index (Phi) is 1.85. The van der Waals surface area contributed by atoms with Crippen molar-refractivity contribution < 1.29 is 4.79 Å². The molecule has 4 fully saturated rings. The fourth-order valence-electron chi connectivity index (χ4n) is 5.71. The molecule has 0 saturated heterocycles. The molecule has 4 saturated carbocycles. The summed E-state index contributed by atoms with van der Waals surface area (Å²) in [6.45, 7) is 4.75. The Bertz CT molecular complexity index is 381. The van der Waals surface area contributed by atoms with Crippen LogP contribution in [0.1, 0.15) is 58.8 Å². The summed E-state index contributed by atoms with van der Waals surface area (Å²) in [6.07, 6.45) is 9.23. The third-order valence-corrected chi connectivity index (χ3v) is 6.91. The third kappa shape index (κ3) is 1.19. The highest BCUT2D eigenvalue weighted by molar-refractivity contribution is 5.90. The monoisotopic (exact) mass is 232 g/mol. The average Bonchev–Trinajstić information content (AvgIpc) is 2.96. The molecule has 17 heavy (non-hydrogen) atoms. The lowest BCUT2D eigenvalue weighted by Crippen LogP contribution is -2.32. The van der Waals surface area contributed by atoms with E-state index in [1.165, 1.54) is 44.9 Å². The number of hydrogen-bond acceptors (Lipinski definition) is 1. The molecule has 0 aromatic carbocycles. The van der Waals surface area contributed by atoms with Gasteiger partial charge < -0.3 is 0 Å². The first-order valence-electron chi connectivity index (χ1n) is 7.61. The first kappa shape index (κ1) is 10.6. The van der Waals surface area contributed by atoms with Crippen LogP contribution >= 0.6 is 0 Å². The van der Waals surface area contributed by atoms with Crippen LogP contribution in [0.15, 0.2) is 0 Å². The van der Waals surface area contributed by atoms with E-state index >= 15 is 0 Å². The van der Waals surface area contributed by atoms with Crippen molar-refractivity contribution in [2.45, 2.75) is 58.8 Å². The summed E-state index contributed by atoms with van der Waals surface area (Å²) in [5, 5.41) is 0. The zero-order chi connectivity index (χ0) is 11.8. The van der Waals surface area contributed by atoms with E-state index in [2.05, 4.69) is 13.8 Å². The molecule has 0 heterocycles. The van der Waals surface area contributed by atoms with Crippen LogP contribution in [0.5, 0.6) is 0 Å². The van der Waals surface area contributed by atoms with Crippen molar-refractivity contribution in [1.29, 1.82) is 0 Å². The molecule has 0 amide bonds. The van der Waals surface area contributed by atoms with E-state index in [0.717, 1.165) is 11.8 Å². The smallest absolute Gasteiger partial charge is 0.142 e. The van der Waals surface area contributed by atoms with Crippen LogP contribution in [-0.4, -0.2) is 5.78 Å². The summed E-state index contributed by atoms with van der Waals surface area (Å²) in [5.74, 6) is 3.36. The zero-order valence-electron chi connectivity index (χ0n) is 11.2. The lowest BCUT2D eigenvalue weighted by atomic mass is 9.69. The van der Waals surface area contributed by atoms with E-state index in [9.17, 15) is 4.79 Å². The number of carbonyl (C=O) groups excluding carboxylic acids is 1. The van der Waals surface area contributed by atoms with Crippen molar-refractivity contribution in [2.24, 2.45) is 34.5 Å². The largest absolute Gasteiger partial charge is 0.299 e. The summed E-state index contributed by atoms with van der Waals surface area (Å²) < 4.78 is 0. The molecule has 1 nitrogen and oxygen atoms in total. The van der Waals surface area contributed by atoms with Gasteiger partial charge >= 0.3 is 0 Å². The Balaban J connectivity index is 1.81. The molecule has 0 unspecified atom stereocenters. The number of carbonyl (C=O) groups is 1. The van der Waals surface area contributed by atoms with Crippen molar-refractivity contribution >= 4 is 5.78 Å². The van der Waals surface area contributed by atoms with Crippen LogP contribution in [0, 0.1) is 34.5 Å². The molecule has 0 N–H and O–H groups in total. The molecule has 94 valence electrons. The molecule has 0 aromatic heterocycles. The Morgan fingerprint density at radius 2 is 1.76 bits per heavy atom. The van der Waals surface area contributed by atoms with E-state index in [0.29, 0.717) is 23.0 Å². The Morgan fingerprint density at radius 1 is 1.00 bits per heavy atom. The fraction of sp³-hybridized carbons (Fsp3) is 0.938. The van der Waals surface area contributed by atoms with Gasteiger partial charge in [-0.3, -0.25) is 4.79 Å². The quantitative estimate of drug-likeness (QED) is 0.620. The van der Waals surface area contributed by atoms with E-state index in [-0.39, 0.29) is 5.41 Å². The second-order valence-electron chi connectivity index (χ2n) is 7.84. The van der Waals surface area contributed by atoms with Crippen molar-refractivity contribution in [3.63, 3.8) is 0 Å². The van der Waals surface area contributed by atoms with Gasteiger partial charge in [0.2, 0.25) is 0 Å². The normalized spacial score (nSPS) is 54.8. The summed E-state index contributed by atoms with van der Waals surface area (Å²) in [4.78, 5) is 12.9. The highest BCUT2D eigenvalue weighted by Crippen LogP contribution is 2.69. The molecule has 0 aromatic rings. The fourth-order valence-corrected chi connectivity index (χ4v) is 5.71. The molecule has 1 heteroatoms. The molecule has 4 aliphatic carbocycles. The van der Waals surface area contributed by atoms with Crippen LogP contribution in [0.4, 0.5) is 0 Å². The third-order valence-electron chi connectivity index (χ3n) is 6.91. The Morgan fingerprint density at radius 3 is 2.47 bits per heavy atom. The molecular formula is C16H24O. The van der Waals surface area contributed by atoms with Gasteiger partial charge in [-0.05, 0) is 68.1 Å². The van der Waals surface area contributed by atoms with Crippen LogP contribution in [0.2, 0.25) is 0 Å². The Labute approximate surface area is 104 Å². The first-order valence-corrected chi connectivity index (χ1v) is 7.61. The lowest BCUT2D eigenvalue weighted by Gasteiger charge is -2.33. The van der Waals surface area contributed by atoms with Gasteiger partial charge in [-0.25, -0.2) is 0 Å². The predicted molar refractivity (Wildman–Crippen MR) is 67.5 cm³/mol. The molecule has 5 atom stereocenters. The number of Topliss-reactive ketones (excluding diaryl/α,β-unsaturated/α-hetero) is 1. The first-order chi connectivity index (χ1) is 8.06. The van der Waals surface area contributed by atoms with E-state index < -0.39 is 0 Å². The lowest BCUT2D eigenvalue weighted by molar-refractivity contribution is -0.130. The van der Waals surface area contributed by atoms with Crippen molar-refractivity contribution in [3.05, 3.63) is 0 Å². The van der Waals surface area contributed by atoms with Gasteiger partial charge in [-0.2, -0.15) is 0 Å². The van der Waals surface area contributed by atoms with Gasteiger partial charge in [-0.15, -0.1) is 0 Å². The predicted octanol–water partition coefficient (Wildman–Crippen LogP) is 3.82. The van der Waals surface area contributed by atoms with Gasteiger partial charge in [0.15, 0.2) is 0 Å². The maximum Gasteiger partial charge on any atom is 0.142 e. The minimum atomic E-state index is 0.148. The second-order valence-corrected chi connectivity index (χ2v) is 7.84. The molecule has 4 aliphatic rings. The van der Waals surface area contributed by atoms with Crippen molar-refractivity contribution in [2.75, 3.05) is 0 Å². The van der Waals surface area contributed by atoms with Crippen LogP contribution in [0.25, 0.3) is 0 Å². The van der Waals surface area contributed by atoms with E-state index in [1.54, 1.807) is 0 Å². The van der Waals surface area contributed by atoms with Crippen molar-refractivity contribution in [3.8, 4) is 0 Å². The number of ketones is 1. The van der Waals surface area contributed by atoms with Gasteiger partial charge in [0.25, 0.3) is 0 Å². The number of rotatable bonds is 0. The maximum atomic E-state index is 12.9. The highest BCUT2D eigenvalue weighted by atomic mass is 16.1. The minimum Gasteiger partial charge on any atom is -0.299 e. The van der Waals surface area contributed by atoms with Gasteiger partial charge in [0, 0.05) is 11.3 Å². The molecular weight excluding hydrogens is 208 g/mol. The van der Waals surface area contributed by atoms with Gasteiger partial charge in [-0.1, -0.05) is 13.8 Å². The summed E-state index contributed by atoms with van der Waals surface area (Å²) >= 11 is 0. The summed E-state index contributed by atoms with van der Waals surface area (Å²) in [6, 6.07) is 0. The highest BCUT2D eigenvalue weighted by Gasteiger charge is 2.65. The van der Waals surface area contributed by atoms with Crippen LogP contribution < -0.4 is 0 Å². The van der Waals surface area contributed by atoms with E-state index in [1.807, 2.05) is 0 Å². The van der Waals surface area contributed by atoms with Gasteiger partial charge in [0.05, 0.1) is 0 Å². The molecule has 2 spiro atoms. The standard InChI is InChI=1S/C16H24O/c1-10-3-4-16-7-11(2)12(14(16)17)8-15(5-6-15)9-13(10)16/h10-13H,3-9H2,1-2H3/t10-,11-,12+,13+,16+/m1/s1.